The standard InChI is InChI=1S/C30H32N2O2/c1-20(22(3)33)10-7-11-23-12-8-13-24(18-23)25-14-9-17-27(19-25)30(26-15-5-4-6-16-26)28(34)21(2)29(31)32-30/h4-6,8-9,12-21H,7,10-11H2,1-3H3,(H2,31,32). The van der Waals surface area contributed by atoms with Crippen LogP contribution in [0.3, 0.4) is 0 Å². The number of amidine groups is 1. The highest BCUT2D eigenvalue weighted by Gasteiger charge is 2.49. The second-order valence-electron chi connectivity index (χ2n) is 9.38. The average molecular weight is 453 g/mol. The van der Waals surface area contributed by atoms with Crippen molar-refractivity contribution in [2.75, 3.05) is 0 Å². The number of aliphatic imine (C=N–C) groups is 1. The van der Waals surface area contributed by atoms with E-state index in [0.717, 1.165) is 41.5 Å². The van der Waals surface area contributed by atoms with Crippen molar-refractivity contribution in [3.05, 3.63) is 95.6 Å². The van der Waals surface area contributed by atoms with Gasteiger partial charge in [0.2, 0.25) is 0 Å². The first-order valence-corrected chi connectivity index (χ1v) is 12.0. The lowest BCUT2D eigenvalue weighted by Gasteiger charge is -2.27. The molecule has 1 heterocycles. The molecule has 4 rings (SSSR count). The SMILES string of the molecule is CC(=O)C(C)CCCc1cccc(-c2cccc(C3(c4ccccc4)N=C(N)C(C)C3=O)c2)c1. The number of hydrogen-bond donors (Lipinski definition) is 1. The molecule has 1 aliphatic rings. The Labute approximate surface area is 201 Å². The molecule has 4 nitrogen and oxygen atoms in total. The summed E-state index contributed by atoms with van der Waals surface area (Å²) in [4.78, 5) is 29.8. The summed E-state index contributed by atoms with van der Waals surface area (Å²) in [6, 6.07) is 26.3. The minimum Gasteiger partial charge on any atom is -0.387 e. The van der Waals surface area contributed by atoms with Crippen LogP contribution in [-0.4, -0.2) is 17.4 Å². The van der Waals surface area contributed by atoms with Crippen molar-refractivity contribution < 1.29 is 9.59 Å². The minimum absolute atomic E-state index is 0.00157. The van der Waals surface area contributed by atoms with Gasteiger partial charge in [-0.2, -0.15) is 0 Å². The van der Waals surface area contributed by atoms with E-state index in [1.54, 1.807) is 6.92 Å². The molecule has 3 atom stereocenters. The summed E-state index contributed by atoms with van der Waals surface area (Å²) in [5, 5.41) is 0. The first-order valence-electron chi connectivity index (χ1n) is 12.0. The van der Waals surface area contributed by atoms with E-state index in [-0.39, 0.29) is 17.5 Å². The van der Waals surface area contributed by atoms with Crippen molar-refractivity contribution in [2.24, 2.45) is 22.6 Å². The molecule has 0 saturated heterocycles. The van der Waals surface area contributed by atoms with Crippen molar-refractivity contribution in [2.45, 2.75) is 45.6 Å². The van der Waals surface area contributed by atoms with Gasteiger partial charge in [0.05, 0.1) is 5.92 Å². The van der Waals surface area contributed by atoms with E-state index in [1.165, 1.54) is 5.56 Å². The number of nitrogens with zero attached hydrogens (tertiary/aromatic N) is 1. The van der Waals surface area contributed by atoms with Crippen molar-refractivity contribution in [3.63, 3.8) is 0 Å². The summed E-state index contributed by atoms with van der Waals surface area (Å²) in [6.07, 6.45) is 2.80. The third kappa shape index (κ3) is 4.45. The Kier molecular flexibility index (Phi) is 6.78. The van der Waals surface area contributed by atoms with Crippen molar-refractivity contribution in [1.29, 1.82) is 0 Å². The number of hydrogen-bond acceptors (Lipinski definition) is 4. The molecule has 34 heavy (non-hydrogen) atoms. The lowest BCUT2D eigenvalue weighted by atomic mass is 9.77. The lowest BCUT2D eigenvalue weighted by Crippen LogP contribution is -2.35. The van der Waals surface area contributed by atoms with Gasteiger partial charge in [0.15, 0.2) is 11.3 Å². The van der Waals surface area contributed by atoms with Crippen LogP contribution in [0.5, 0.6) is 0 Å². The van der Waals surface area contributed by atoms with Crippen LogP contribution in [0.4, 0.5) is 0 Å². The quantitative estimate of drug-likeness (QED) is 0.475. The molecule has 2 N–H and O–H groups in total. The number of nitrogens with two attached hydrogens (primary N) is 1. The van der Waals surface area contributed by atoms with E-state index >= 15 is 0 Å². The summed E-state index contributed by atoms with van der Waals surface area (Å²) in [5.41, 5.74) is 10.1. The Bertz CT molecular complexity index is 1230. The summed E-state index contributed by atoms with van der Waals surface area (Å²) in [7, 11) is 0. The number of Topliss-reactive ketones (excluding diaryl/α,β-unsaturated/α-hetero) is 2. The van der Waals surface area contributed by atoms with Gasteiger partial charge in [-0.3, -0.25) is 9.59 Å². The number of benzene rings is 3. The van der Waals surface area contributed by atoms with Crippen molar-refractivity contribution in [1.82, 2.24) is 0 Å². The summed E-state index contributed by atoms with van der Waals surface area (Å²) in [5.74, 6) is 0.303. The summed E-state index contributed by atoms with van der Waals surface area (Å²) in [6.45, 7) is 5.48. The highest BCUT2D eigenvalue weighted by atomic mass is 16.1. The molecule has 0 saturated carbocycles. The predicted octanol–water partition coefficient (Wildman–Crippen LogP) is 5.72. The van der Waals surface area contributed by atoms with Gasteiger partial charge in [0, 0.05) is 5.92 Å². The maximum atomic E-state index is 13.5. The fourth-order valence-corrected chi connectivity index (χ4v) is 4.70. The Morgan fingerprint density at radius 3 is 2.26 bits per heavy atom. The lowest BCUT2D eigenvalue weighted by molar-refractivity contribution is -0.123. The zero-order chi connectivity index (χ0) is 24.3. The molecule has 4 heteroatoms. The monoisotopic (exact) mass is 452 g/mol. The van der Waals surface area contributed by atoms with Gasteiger partial charge in [-0.1, -0.05) is 79.7 Å². The van der Waals surface area contributed by atoms with Gasteiger partial charge in [-0.05, 0) is 67.0 Å². The second kappa shape index (κ2) is 9.76. The summed E-state index contributed by atoms with van der Waals surface area (Å²) < 4.78 is 0. The van der Waals surface area contributed by atoms with E-state index in [0.29, 0.717) is 5.84 Å². The molecule has 3 unspecified atom stereocenters. The molecule has 0 radical (unpaired) electrons. The van der Waals surface area contributed by atoms with Gasteiger partial charge in [-0.15, -0.1) is 0 Å². The van der Waals surface area contributed by atoms with Crippen molar-refractivity contribution in [3.8, 4) is 11.1 Å². The van der Waals surface area contributed by atoms with Crippen LogP contribution in [-0.2, 0) is 21.5 Å². The number of carbonyl (C=O) groups excluding carboxylic acids is 2. The van der Waals surface area contributed by atoms with Crippen LogP contribution in [0.2, 0.25) is 0 Å². The van der Waals surface area contributed by atoms with E-state index in [1.807, 2.05) is 56.3 Å². The third-order valence-corrected chi connectivity index (χ3v) is 7.02. The van der Waals surface area contributed by atoms with Crippen LogP contribution in [0.25, 0.3) is 11.1 Å². The molecule has 3 aromatic rings. The normalized spacial score (nSPS) is 20.7. The molecular weight excluding hydrogens is 420 g/mol. The highest BCUT2D eigenvalue weighted by Crippen LogP contribution is 2.42. The molecular formula is C30H32N2O2. The van der Waals surface area contributed by atoms with E-state index in [9.17, 15) is 9.59 Å². The smallest absolute Gasteiger partial charge is 0.179 e. The second-order valence-corrected chi connectivity index (χ2v) is 9.38. The van der Waals surface area contributed by atoms with E-state index < -0.39 is 11.5 Å². The van der Waals surface area contributed by atoms with Crippen molar-refractivity contribution >= 4 is 17.4 Å². The van der Waals surface area contributed by atoms with Crippen LogP contribution in [0, 0.1) is 11.8 Å². The molecule has 3 aromatic carbocycles. The largest absolute Gasteiger partial charge is 0.387 e. The Balaban J connectivity index is 1.68. The maximum absolute atomic E-state index is 13.5. The molecule has 174 valence electrons. The molecule has 0 aromatic heterocycles. The fourth-order valence-electron chi connectivity index (χ4n) is 4.70. The van der Waals surface area contributed by atoms with Crippen LogP contribution in [0.15, 0.2) is 83.9 Å². The fraction of sp³-hybridized carbons (Fsp3) is 0.300. The van der Waals surface area contributed by atoms with Gasteiger partial charge in [-0.25, -0.2) is 4.99 Å². The molecule has 1 aliphatic heterocycles. The maximum Gasteiger partial charge on any atom is 0.179 e. The Morgan fingerprint density at radius 1 is 0.971 bits per heavy atom. The molecule has 0 aliphatic carbocycles. The summed E-state index contributed by atoms with van der Waals surface area (Å²) >= 11 is 0. The first kappa shape index (κ1) is 23.6. The van der Waals surface area contributed by atoms with Gasteiger partial charge in [0.25, 0.3) is 0 Å². The Morgan fingerprint density at radius 2 is 1.62 bits per heavy atom. The zero-order valence-corrected chi connectivity index (χ0v) is 20.1. The number of rotatable bonds is 8. The topological polar surface area (TPSA) is 72.5 Å². The van der Waals surface area contributed by atoms with Crippen LogP contribution in [0.1, 0.15) is 50.3 Å². The first-order chi connectivity index (χ1) is 16.3. The molecule has 0 amide bonds. The number of ketones is 2. The third-order valence-electron chi connectivity index (χ3n) is 7.02. The Hall–Kier alpha value is -3.53. The molecule has 0 spiro atoms. The minimum atomic E-state index is -1.12. The van der Waals surface area contributed by atoms with Gasteiger partial charge in [0.1, 0.15) is 11.6 Å². The number of carbonyl (C=O) groups is 2. The van der Waals surface area contributed by atoms with E-state index in [4.69, 9.17) is 10.7 Å². The van der Waals surface area contributed by atoms with Crippen LogP contribution < -0.4 is 5.73 Å². The molecule has 0 bridgehead atoms. The van der Waals surface area contributed by atoms with E-state index in [2.05, 4.69) is 36.4 Å². The van der Waals surface area contributed by atoms with Crippen LogP contribution >= 0.6 is 0 Å². The number of aryl methyl sites for hydroxylation is 1. The zero-order valence-electron chi connectivity index (χ0n) is 20.1. The predicted molar refractivity (Wildman–Crippen MR) is 138 cm³/mol. The van der Waals surface area contributed by atoms with Gasteiger partial charge < -0.3 is 5.73 Å². The average Bonchev–Trinajstić information content (AvgIpc) is 3.09. The highest BCUT2D eigenvalue weighted by molar-refractivity contribution is 6.14. The van der Waals surface area contributed by atoms with Gasteiger partial charge >= 0.3 is 0 Å². The molecule has 0 fully saturated rings.